The molecule has 0 aromatic carbocycles. The highest BCUT2D eigenvalue weighted by Crippen LogP contribution is 2.24. The van der Waals surface area contributed by atoms with Gasteiger partial charge in [-0.25, -0.2) is 4.98 Å². The summed E-state index contributed by atoms with van der Waals surface area (Å²) >= 11 is 1.31. The minimum atomic E-state index is -0.862. The minimum Gasteiger partial charge on any atom is -0.481 e. The number of carboxylic acid groups (broad SMARTS) is 1. The quantitative estimate of drug-likeness (QED) is 0.896. The number of rotatable bonds is 5. The van der Waals surface area contributed by atoms with Crippen molar-refractivity contribution in [3.63, 3.8) is 0 Å². The van der Waals surface area contributed by atoms with Crippen LogP contribution in [0.15, 0.2) is 6.20 Å². The van der Waals surface area contributed by atoms with Crippen molar-refractivity contribution < 1.29 is 19.4 Å². The maximum absolute atomic E-state index is 12.5. The van der Waals surface area contributed by atoms with Crippen molar-refractivity contribution in [3.8, 4) is 0 Å². The number of carbonyl (C=O) groups excluding carboxylic acids is 1. The third-order valence-corrected chi connectivity index (χ3v) is 4.29. The van der Waals surface area contributed by atoms with Gasteiger partial charge in [0.15, 0.2) is 0 Å². The van der Waals surface area contributed by atoms with Crippen molar-refractivity contribution >= 4 is 23.2 Å². The lowest BCUT2D eigenvalue weighted by molar-refractivity contribution is -0.138. The molecule has 0 bridgehead atoms. The molecule has 0 spiro atoms. The first-order chi connectivity index (χ1) is 9.61. The first-order valence-corrected chi connectivity index (χ1v) is 7.40. The topological polar surface area (TPSA) is 79.7 Å². The van der Waals surface area contributed by atoms with E-state index in [4.69, 9.17) is 9.84 Å². The van der Waals surface area contributed by atoms with Crippen molar-refractivity contribution in [1.82, 2.24) is 9.88 Å². The Kier molecular flexibility index (Phi) is 5.08. The van der Waals surface area contributed by atoms with Crippen LogP contribution in [0.5, 0.6) is 0 Å². The number of amides is 1. The van der Waals surface area contributed by atoms with E-state index >= 15 is 0 Å². The molecule has 1 aliphatic heterocycles. The molecule has 6 nitrogen and oxygen atoms in total. The number of aromatic nitrogens is 1. The van der Waals surface area contributed by atoms with Crippen LogP contribution < -0.4 is 0 Å². The lowest BCUT2D eigenvalue weighted by atomic mass is 9.99. The van der Waals surface area contributed by atoms with Crippen LogP contribution in [0.25, 0.3) is 0 Å². The van der Waals surface area contributed by atoms with E-state index in [1.165, 1.54) is 11.3 Å². The van der Waals surface area contributed by atoms with Gasteiger partial charge in [0.25, 0.3) is 5.91 Å². The van der Waals surface area contributed by atoms with Crippen LogP contribution >= 0.6 is 11.3 Å². The first-order valence-electron chi connectivity index (χ1n) is 6.58. The van der Waals surface area contributed by atoms with E-state index in [1.54, 1.807) is 18.2 Å². The van der Waals surface area contributed by atoms with Gasteiger partial charge in [-0.15, -0.1) is 11.3 Å². The van der Waals surface area contributed by atoms with Gasteiger partial charge in [0.2, 0.25) is 0 Å². The number of aliphatic carboxylic acids is 1. The molecule has 1 saturated heterocycles. The van der Waals surface area contributed by atoms with Crippen molar-refractivity contribution in [1.29, 1.82) is 0 Å². The van der Waals surface area contributed by atoms with E-state index in [9.17, 15) is 9.59 Å². The summed E-state index contributed by atoms with van der Waals surface area (Å²) in [4.78, 5) is 29.7. The van der Waals surface area contributed by atoms with Crippen molar-refractivity contribution in [2.24, 2.45) is 0 Å². The van der Waals surface area contributed by atoms with Crippen molar-refractivity contribution in [3.05, 3.63) is 16.1 Å². The molecule has 20 heavy (non-hydrogen) atoms. The highest BCUT2D eigenvalue weighted by Gasteiger charge is 2.30. The van der Waals surface area contributed by atoms with Gasteiger partial charge in [-0.2, -0.15) is 0 Å². The van der Waals surface area contributed by atoms with Gasteiger partial charge in [-0.3, -0.25) is 9.59 Å². The predicted molar refractivity (Wildman–Crippen MR) is 73.8 cm³/mol. The molecule has 1 aliphatic rings. The number of carboxylic acids is 1. The van der Waals surface area contributed by atoms with E-state index in [0.29, 0.717) is 18.0 Å². The molecule has 2 heterocycles. The molecule has 1 aromatic heterocycles. The molecule has 110 valence electrons. The fourth-order valence-electron chi connectivity index (χ4n) is 2.42. The zero-order chi connectivity index (χ0) is 14.5. The average Bonchev–Trinajstić information content (AvgIpc) is 2.87. The Morgan fingerprint density at radius 1 is 1.55 bits per heavy atom. The Labute approximate surface area is 121 Å². The molecule has 0 radical (unpaired) electrons. The number of ether oxygens (including phenoxy) is 1. The summed E-state index contributed by atoms with van der Waals surface area (Å²) in [6, 6.07) is -0.207. The maximum atomic E-state index is 12.5. The second-order valence-electron chi connectivity index (χ2n) is 4.80. The maximum Gasteiger partial charge on any atom is 0.305 e. The third-order valence-electron chi connectivity index (χ3n) is 3.33. The zero-order valence-corrected chi connectivity index (χ0v) is 12.2. The average molecular weight is 298 g/mol. The van der Waals surface area contributed by atoms with Gasteiger partial charge >= 0.3 is 5.97 Å². The van der Waals surface area contributed by atoms with Crippen molar-refractivity contribution in [2.45, 2.75) is 38.3 Å². The van der Waals surface area contributed by atoms with Crippen LogP contribution in [0, 0.1) is 0 Å². The SMILES string of the molecule is COCc1ncc(C(=O)N2CCCCC2CC(=O)O)s1. The van der Waals surface area contributed by atoms with Crippen molar-refractivity contribution in [2.75, 3.05) is 13.7 Å². The smallest absolute Gasteiger partial charge is 0.305 e. The molecule has 1 N–H and O–H groups in total. The van der Waals surface area contributed by atoms with Crippen LogP contribution in [0.4, 0.5) is 0 Å². The molecule has 0 aliphatic carbocycles. The Morgan fingerprint density at radius 2 is 2.35 bits per heavy atom. The molecule has 1 aromatic rings. The standard InChI is InChI=1S/C13H18N2O4S/c1-19-8-11-14-7-10(20-11)13(18)15-5-3-2-4-9(15)6-12(16)17/h7,9H,2-6,8H2,1H3,(H,16,17). The van der Waals surface area contributed by atoms with Crippen LogP contribution in [0.2, 0.25) is 0 Å². The normalized spacial score (nSPS) is 19.1. The number of hydrogen-bond donors (Lipinski definition) is 1. The minimum absolute atomic E-state index is 0.00940. The highest BCUT2D eigenvalue weighted by atomic mass is 32.1. The molecular weight excluding hydrogens is 280 g/mol. The summed E-state index contributed by atoms with van der Waals surface area (Å²) in [6.07, 6.45) is 4.20. The molecule has 1 amide bonds. The van der Waals surface area contributed by atoms with Gasteiger partial charge in [0.05, 0.1) is 19.2 Å². The largest absolute Gasteiger partial charge is 0.481 e. The lowest BCUT2D eigenvalue weighted by Crippen LogP contribution is -2.44. The van der Waals surface area contributed by atoms with E-state index < -0.39 is 5.97 Å². The molecule has 1 atom stereocenters. The fraction of sp³-hybridized carbons (Fsp3) is 0.615. The van der Waals surface area contributed by atoms with Gasteiger partial charge in [0, 0.05) is 19.7 Å². The Balaban J connectivity index is 2.09. The lowest BCUT2D eigenvalue weighted by Gasteiger charge is -2.34. The van der Waals surface area contributed by atoms with Crippen LogP contribution in [0.3, 0.4) is 0 Å². The summed E-state index contributed by atoms with van der Waals surface area (Å²) in [5.74, 6) is -0.977. The number of hydrogen-bond acceptors (Lipinski definition) is 5. The van der Waals surface area contributed by atoms with E-state index in [2.05, 4.69) is 4.98 Å². The summed E-state index contributed by atoms with van der Waals surface area (Å²) < 4.78 is 4.99. The van der Waals surface area contributed by atoms with E-state index in [0.717, 1.165) is 24.3 Å². The van der Waals surface area contributed by atoms with Crippen LogP contribution in [0.1, 0.15) is 40.4 Å². The van der Waals surface area contributed by atoms with Crippen LogP contribution in [-0.4, -0.2) is 46.6 Å². The molecule has 0 saturated carbocycles. The number of piperidine rings is 1. The van der Waals surface area contributed by atoms with E-state index in [-0.39, 0.29) is 18.4 Å². The Morgan fingerprint density at radius 3 is 3.05 bits per heavy atom. The highest BCUT2D eigenvalue weighted by molar-refractivity contribution is 7.13. The molecule has 1 unspecified atom stereocenters. The van der Waals surface area contributed by atoms with Gasteiger partial charge in [-0.1, -0.05) is 0 Å². The molecule has 2 rings (SSSR count). The fourth-order valence-corrected chi connectivity index (χ4v) is 3.27. The van der Waals surface area contributed by atoms with Crippen LogP contribution in [-0.2, 0) is 16.1 Å². The number of carbonyl (C=O) groups is 2. The van der Waals surface area contributed by atoms with E-state index in [1.807, 2.05) is 0 Å². The van der Waals surface area contributed by atoms with Gasteiger partial charge in [0.1, 0.15) is 9.88 Å². The number of nitrogens with zero attached hydrogens (tertiary/aromatic N) is 2. The summed E-state index contributed by atoms with van der Waals surface area (Å²) in [5.41, 5.74) is 0. The molecule has 7 heteroatoms. The second-order valence-corrected chi connectivity index (χ2v) is 5.91. The summed E-state index contributed by atoms with van der Waals surface area (Å²) in [6.45, 7) is 1.00. The number of thiazole rings is 1. The number of likely N-dealkylation sites (tertiary alicyclic amines) is 1. The zero-order valence-electron chi connectivity index (χ0n) is 11.4. The third kappa shape index (κ3) is 3.55. The Hall–Kier alpha value is -1.47. The predicted octanol–water partition coefficient (Wildman–Crippen LogP) is 1.76. The molecule has 1 fully saturated rings. The summed E-state index contributed by atoms with van der Waals surface area (Å²) in [7, 11) is 1.58. The van der Waals surface area contributed by atoms with Gasteiger partial charge in [-0.05, 0) is 19.3 Å². The first kappa shape index (κ1) is 14.9. The monoisotopic (exact) mass is 298 g/mol. The summed E-state index contributed by atoms with van der Waals surface area (Å²) in [5, 5.41) is 9.70. The molecular formula is C13H18N2O4S. The second kappa shape index (κ2) is 6.81. The van der Waals surface area contributed by atoms with Gasteiger partial charge < -0.3 is 14.7 Å². The Bertz CT molecular complexity index is 488. The number of methoxy groups -OCH3 is 1.